The average molecular weight is 592 g/mol. The Labute approximate surface area is 250 Å². The summed E-state index contributed by atoms with van der Waals surface area (Å²) in [6.07, 6.45) is 0.917. The molecule has 0 aromatic heterocycles. The van der Waals surface area contributed by atoms with E-state index < -0.39 is 24.1 Å². The Hall–Kier alpha value is -4.05. The molecule has 43 heavy (non-hydrogen) atoms. The van der Waals surface area contributed by atoms with Gasteiger partial charge in [0.05, 0.1) is 31.3 Å². The predicted octanol–water partition coefficient (Wildman–Crippen LogP) is 1.91. The second-order valence-corrected chi connectivity index (χ2v) is 11.9. The molecule has 0 aliphatic carbocycles. The molecule has 0 saturated carbocycles. The van der Waals surface area contributed by atoms with Gasteiger partial charge in [0.25, 0.3) is 0 Å². The molecule has 4 heterocycles. The number of aryl methyl sites for hydroxylation is 1. The number of fused-ring (bicyclic) bond motifs is 9. The van der Waals surface area contributed by atoms with Crippen molar-refractivity contribution in [1.82, 2.24) is 15.1 Å². The number of piperazine rings is 1. The fourth-order valence-electron chi connectivity index (χ4n) is 7.67. The van der Waals surface area contributed by atoms with Crippen molar-refractivity contribution in [2.75, 3.05) is 27.5 Å². The van der Waals surface area contributed by atoms with Gasteiger partial charge in [-0.15, -0.1) is 0 Å². The van der Waals surface area contributed by atoms with Crippen LogP contribution in [0.4, 0.5) is 0 Å². The van der Waals surface area contributed by atoms with Gasteiger partial charge in [0.1, 0.15) is 11.8 Å². The van der Waals surface area contributed by atoms with Crippen molar-refractivity contribution in [2.24, 2.45) is 5.73 Å². The van der Waals surface area contributed by atoms with Crippen LogP contribution >= 0.6 is 0 Å². The molecule has 0 spiro atoms. The number of rotatable bonds is 5. The number of carbonyl (C=O) groups is 2. The third-order valence-corrected chi connectivity index (χ3v) is 9.39. The van der Waals surface area contributed by atoms with E-state index in [0.29, 0.717) is 47.0 Å². The van der Waals surface area contributed by atoms with Gasteiger partial charge >= 0.3 is 5.97 Å². The Morgan fingerprint density at radius 1 is 1.21 bits per heavy atom. The van der Waals surface area contributed by atoms with E-state index in [4.69, 9.17) is 24.7 Å². The summed E-state index contributed by atoms with van der Waals surface area (Å²) in [5, 5.41) is 25.3. The molecule has 6 rings (SSSR count). The first-order valence-electron chi connectivity index (χ1n) is 14.4. The summed E-state index contributed by atoms with van der Waals surface area (Å²) in [7, 11) is 3.51. The molecular weight excluding hydrogens is 554 g/mol. The monoisotopic (exact) mass is 591 g/mol. The summed E-state index contributed by atoms with van der Waals surface area (Å²) in [4.78, 5) is 29.4. The number of hydrogen-bond acceptors (Lipinski definition) is 11. The minimum absolute atomic E-state index is 0.00939. The minimum Gasteiger partial charge on any atom is -0.504 e. The van der Waals surface area contributed by atoms with Crippen molar-refractivity contribution < 1.29 is 33.6 Å². The van der Waals surface area contributed by atoms with Crippen LogP contribution < -0.4 is 30.0 Å². The molecule has 12 heteroatoms. The van der Waals surface area contributed by atoms with E-state index in [1.807, 2.05) is 27.0 Å². The Morgan fingerprint density at radius 3 is 2.58 bits per heavy atom. The number of benzene rings is 2. The number of phenolic OH excluding ortho intramolecular Hbond substituents is 1. The number of hydrogen-bond donors (Lipinski definition) is 3. The molecule has 6 atom stereocenters. The van der Waals surface area contributed by atoms with Crippen LogP contribution in [0, 0.1) is 25.2 Å². The zero-order valence-corrected chi connectivity index (χ0v) is 25.2. The van der Waals surface area contributed by atoms with Gasteiger partial charge in [0, 0.05) is 47.8 Å². The largest absolute Gasteiger partial charge is 0.504 e. The molecule has 2 aromatic rings. The first kappa shape index (κ1) is 29.0. The fraction of sp³-hybridized carbons (Fsp3) is 0.516. The zero-order valence-electron chi connectivity index (χ0n) is 25.2. The molecule has 4 N–H and O–H groups in total. The van der Waals surface area contributed by atoms with Gasteiger partial charge in [-0.1, -0.05) is 6.07 Å². The molecule has 12 nitrogen and oxygen atoms in total. The van der Waals surface area contributed by atoms with Crippen LogP contribution in [0.15, 0.2) is 6.07 Å². The van der Waals surface area contributed by atoms with Crippen molar-refractivity contribution in [1.29, 1.82) is 5.26 Å². The van der Waals surface area contributed by atoms with Gasteiger partial charge < -0.3 is 35.1 Å². The molecule has 4 aliphatic heterocycles. The van der Waals surface area contributed by atoms with E-state index in [2.05, 4.69) is 21.2 Å². The van der Waals surface area contributed by atoms with Crippen molar-refractivity contribution in [2.45, 2.75) is 76.8 Å². The second kappa shape index (κ2) is 10.6. The van der Waals surface area contributed by atoms with E-state index in [9.17, 15) is 20.0 Å². The van der Waals surface area contributed by atoms with Gasteiger partial charge in [-0.25, -0.2) is 0 Å². The van der Waals surface area contributed by atoms with Crippen LogP contribution in [-0.2, 0) is 22.4 Å². The summed E-state index contributed by atoms with van der Waals surface area (Å²) < 4.78 is 23.3. The SMILES string of the molecule is COc1c(C)cc2c(c1O)[C@H]1C3Cc4c(OC(C)=O)c(C)c5c(c4[C@H](CNC(=O)[C@H](C)N)N3[C@@H](C#N)[C@@H](C2)N1C)OCO5. The first-order valence-corrected chi connectivity index (χ1v) is 14.4. The Bertz CT molecular complexity index is 1570. The van der Waals surface area contributed by atoms with Gasteiger partial charge in [-0.2, -0.15) is 5.26 Å². The van der Waals surface area contributed by atoms with Crippen molar-refractivity contribution >= 4 is 11.9 Å². The molecule has 1 fully saturated rings. The van der Waals surface area contributed by atoms with Crippen LogP contribution in [-0.4, -0.2) is 78.4 Å². The molecule has 1 saturated heterocycles. The predicted molar refractivity (Wildman–Crippen MR) is 154 cm³/mol. The van der Waals surface area contributed by atoms with Crippen LogP contribution in [0.3, 0.4) is 0 Å². The number of phenols is 1. The summed E-state index contributed by atoms with van der Waals surface area (Å²) in [5.74, 6) is 1.05. The Balaban J connectivity index is 1.61. The van der Waals surface area contributed by atoms with Crippen LogP contribution in [0.5, 0.6) is 28.7 Å². The lowest BCUT2D eigenvalue weighted by molar-refractivity contribution is -0.132. The second-order valence-electron chi connectivity index (χ2n) is 11.9. The number of aromatic hydroxyl groups is 1. The topological polar surface area (TPSA) is 160 Å². The van der Waals surface area contributed by atoms with Gasteiger partial charge in [-0.05, 0) is 51.8 Å². The lowest BCUT2D eigenvalue weighted by Gasteiger charge is -2.60. The standard InChI is InChI=1S/C31H37N5O7/c1-13-7-17-8-19-21(10-32)36-20(25(35(19)5)23(17)26(38)27(13)40-6)9-18-24(22(36)11-34-31(39)15(3)33)30-29(41-12-42-30)14(2)28(18)43-16(4)37/h7,15,19-22,25,38H,8-9,11-12,33H2,1-6H3,(H,34,39)/t15-,19+,20?,21-,22-,25+/m0/s1. The van der Waals surface area contributed by atoms with Gasteiger partial charge in [-0.3, -0.25) is 19.4 Å². The summed E-state index contributed by atoms with van der Waals surface area (Å²) >= 11 is 0. The maximum absolute atomic E-state index is 12.8. The normalized spacial score (nSPS) is 26.0. The van der Waals surface area contributed by atoms with E-state index in [1.165, 1.54) is 14.0 Å². The molecule has 2 bridgehead atoms. The number of nitrogens with one attached hydrogen (secondary N) is 1. The molecule has 2 aromatic carbocycles. The van der Waals surface area contributed by atoms with E-state index in [0.717, 1.165) is 22.3 Å². The number of likely N-dealkylation sites (N-methyl/N-ethyl adjacent to an activating group) is 1. The number of nitriles is 1. The van der Waals surface area contributed by atoms with Crippen molar-refractivity contribution in [3.8, 4) is 34.8 Å². The Morgan fingerprint density at radius 2 is 1.93 bits per heavy atom. The minimum atomic E-state index is -0.739. The molecule has 4 aliphatic rings. The molecule has 0 radical (unpaired) electrons. The van der Waals surface area contributed by atoms with Crippen molar-refractivity contribution in [3.63, 3.8) is 0 Å². The number of methoxy groups -OCH3 is 1. The highest BCUT2D eigenvalue weighted by atomic mass is 16.7. The quantitative estimate of drug-likeness (QED) is 0.344. The fourth-order valence-corrected chi connectivity index (χ4v) is 7.67. The van der Waals surface area contributed by atoms with Gasteiger partial charge in [0.2, 0.25) is 12.7 Å². The number of nitrogens with zero attached hydrogens (tertiary/aromatic N) is 3. The Kier molecular flexibility index (Phi) is 7.15. The highest BCUT2D eigenvalue weighted by Crippen LogP contribution is 2.58. The third-order valence-electron chi connectivity index (χ3n) is 9.39. The third kappa shape index (κ3) is 4.29. The van der Waals surface area contributed by atoms with Gasteiger partial charge in [0.15, 0.2) is 23.0 Å². The number of nitrogens with two attached hydrogens (primary N) is 1. The van der Waals surface area contributed by atoms with E-state index in [1.54, 1.807) is 6.92 Å². The number of esters is 1. The number of amides is 1. The molecule has 228 valence electrons. The zero-order chi connectivity index (χ0) is 30.9. The molecular formula is C31H37N5O7. The lowest BCUT2D eigenvalue weighted by atomic mass is 9.71. The molecule has 1 amide bonds. The smallest absolute Gasteiger partial charge is 0.308 e. The lowest BCUT2D eigenvalue weighted by Crippen LogP contribution is -2.68. The average Bonchev–Trinajstić information content (AvgIpc) is 3.44. The van der Waals surface area contributed by atoms with E-state index >= 15 is 0 Å². The number of ether oxygens (including phenoxy) is 4. The maximum Gasteiger partial charge on any atom is 0.308 e. The van der Waals surface area contributed by atoms with Crippen LogP contribution in [0.2, 0.25) is 0 Å². The highest BCUT2D eigenvalue weighted by molar-refractivity contribution is 5.81. The number of carbonyl (C=O) groups excluding carboxylic acids is 2. The van der Waals surface area contributed by atoms with E-state index in [-0.39, 0.29) is 43.1 Å². The first-order chi connectivity index (χ1) is 20.5. The summed E-state index contributed by atoms with van der Waals surface area (Å²) in [5.41, 5.74) is 10.5. The summed E-state index contributed by atoms with van der Waals surface area (Å²) in [6.45, 7) is 6.79. The molecule has 1 unspecified atom stereocenters. The van der Waals surface area contributed by atoms with Crippen LogP contribution in [0.1, 0.15) is 59.3 Å². The van der Waals surface area contributed by atoms with Crippen LogP contribution in [0.25, 0.3) is 0 Å². The summed E-state index contributed by atoms with van der Waals surface area (Å²) in [6, 6.07) is 1.83. The maximum atomic E-state index is 12.8. The van der Waals surface area contributed by atoms with Crippen molar-refractivity contribution in [3.05, 3.63) is 39.4 Å². The highest BCUT2D eigenvalue weighted by Gasteiger charge is 2.56.